The van der Waals surface area contributed by atoms with Crippen molar-refractivity contribution in [1.82, 2.24) is 5.32 Å². The monoisotopic (exact) mass is 210 g/mol. The molecule has 0 amide bonds. The standard InChI is InChI=1S/C12H22N2O/c1-10-6-11(2)8-12(7-10,9-13)14-4-5-15-3/h10-11,14H,4-8H2,1-3H3. The van der Waals surface area contributed by atoms with E-state index in [0.29, 0.717) is 18.4 Å². The third-order valence-electron chi connectivity index (χ3n) is 3.18. The van der Waals surface area contributed by atoms with E-state index in [-0.39, 0.29) is 5.54 Å². The van der Waals surface area contributed by atoms with Gasteiger partial charge in [-0.05, 0) is 31.1 Å². The zero-order valence-corrected chi connectivity index (χ0v) is 10.0. The van der Waals surface area contributed by atoms with E-state index in [1.165, 1.54) is 6.42 Å². The first-order valence-electron chi connectivity index (χ1n) is 5.77. The molecule has 1 aliphatic carbocycles. The summed E-state index contributed by atoms with van der Waals surface area (Å²) >= 11 is 0. The molecule has 3 heteroatoms. The van der Waals surface area contributed by atoms with Gasteiger partial charge in [0.05, 0.1) is 12.7 Å². The van der Waals surface area contributed by atoms with E-state index in [4.69, 9.17) is 4.74 Å². The Morgan fingerprint density at radius 3 is 2.47 bits per heavy atom. The van der Waals surface area contributed by atoms with Crippen molar-refractivity contribution >= 4 is 0 Å². The van der Waals surface area contributed by atoms with Crippen molar-refractivity contribution < 1.29 is 4.74 Å². The molecular formula is C12H22N2O. The number of ether oxygens (including phenoxy) is 1. The molecule has 0 aromatic rings. The van der Waals surface area contributed by atoms with Crippen LogP contribution in [0.4, 0.5) is 0 Å². The first-order chi connectivity index (χ1) is 7.12. The topological polar surface area (TPSA) is 45.0 Å². The number of nitrogens with one attached hydrogen (secondary N) is 1. The Kier molecular flexibility index (Phi) is 4.56. The summed E-state index contributed by atoms with van der Waals surface area (Å²) in [7, 11) is 1.69. The maximum Gasteiger partial charge on any atom is 0.107 e. The van der Waals surface area contributed by atoms with Gasteiger partial charge < -0.3 is 4.74 Å². The van der Waals surface area contributed by atoms with Crippen LogP contribution >= 0.6 is 0 Å². The highest BCUT2D eigenvalue weighted by molar-refractivity contribution is 5.10. The molecular weight excluding hydrogens is 188 g/mol. The Morgan fingerprint density at radius 1 is 1.40 bits per heavy atom. The summed E-state index contributed by atoms with van der Waals surface area (Å²) in [4.78, 5) is 0. The Labute approximate surface area is 92.8 Å². The Balaban J connectivity index is 2.55. The minimum atomic E-state index is -0.310. The summed E-state index contributed by atoms with van der Waals surface area (Å²) in [6.45, 7) is 5.91. The second kappa shape index (κ2) is 5.48. The van der Waals surface area contributed by atoms with E-state index < -0.39 is 0 Å². The number of hydrogen-bond donors (Lipinski definition) is 1. The highest BCUT2D eigenvalue weighted by Gasteiger charge is 2.37. The molecule has 1 saturated carbocycles. The number of hydrogen-bond acceptors (Lipinski definition) is 3. The smallest absolute Gasteiger partial charge is 0.107 e. The first kappa shape index (κ1) is 12.5. The lowest BCUT2D eigenvalue weighted by molar-refractivity contribution is 0.156. The molecule has 0 aliphatic heterocycles. The van der Waals surface area contributed by atoms with E-state index in [0.717, 1.165) is 19.4 Å². The third kappa shape index (κ3) is 3.48. The predicted octanol–water partition coefficient (Wildman–Crippen LogP) is 1.94. The average molecular weight is 210 g/mol. The molecule has 86 valence electrons. The summed E-state index contributed by atoms with van der Waals surface area (Å²) in [6.07, 6.45) is 3.19. The van der Waals surface area contributed by atoms with Crippen molar-refractivity contribution in [2.24, 2.45) is 11.8 Å². The van der Waals surface area contributed by atoms with Gasteiger partial charge in [0.15, 0.2) is 0 Å². The van der Waals surface area contributed by atoms with E-state index in [1.54, 1.807) is 7.11 Å². The van der Waals surface area contributed by atoms with Gasteiger partial charge in [-0.25, -0.2) is 0 Å². The van der Waals surface area contributed by atoms with Crippen molar-refractivity contribution in [3.8, 4) is 6.07 Å². The predicted molar refractivity (Wildman–Crippen MR) is 60.4 cm³/mol. The lowest BCUT2D eigenvalue weighted by Gasteiger charge is -2.38. The summed E-state index contributed by atoms with van der Waals surface area (Å²) in [6, 6.07) is 2.47. The van der Waals surface area contributed by atoms with Crippen molar-refractivity contribution in [3.63, 3.8) is 0 Å². The summed E-state index contributed by atoms with van der Waals surface area (Å²) in [5.74, 6) is 1.28. The zero-order chi connectivity index (χ0) is 11.3. The number of nitriles is 1. The van der Waals surface area contributed by atoms with Gasteiger partial charge in [-0.1, -0.05) is 13.8 Å². The molecule has 1 rings (SSSR count). The highest BCUT2D eigenvalue weighted by Crippen LogP contribution is 2.35. The fraction of sp³-hybridized carbons (Fsp3) is 0.917. The number of methoxy groups -OCH3 is 1. The largest absolute Gasteiger partial charge is 0.383 e. The van der Waals surface area contributed by atoms with Crippen LogP contribution in [0.1, 0.15) is 33.1 Å². The molecule has 2 unspecified atom stereocenters. The Morgan fingerprint density at radius 2 is 2.00 bits per heavy atom. The molecule has 1 N–H and O–H groups in total. The van der Waals surface area contributed by atoms with Gasteiger partial charge in [0.25, 0.3) is 0 Å². The summed E-state index contributed by atoms with van der Waals surface area (Å²) in [5, 5.41) is 12.7. The summed E-state index contributed by atoms with van der Waals surface area (Å²) < 4.78 is 5.00. The van der Waals surface area contributed by atoms with Gasteiger partial charge in [-0.15, -0.1) is 0 Å². The van der Waals surface area contributed by atoms with Crippen LogP contribution in [0.25, 0.3) is 0 Å². The molecule has 2 atom stereocenters. The maximum atomic E-state index is 9.32. The van der Waals surface area contributed by atoms with Crippen molar-refractivity contribution in [1.29, 1.82) is 5.26 Å². The van der Waals surface area contributed by atoms with Crippen LogP contribution in [-0.2, 0) is 4.74 Å². The van der Waals surface area contributed by atoms with E-state index >= 15 is 0 Å². The van der Waals surface area contributed by atoms with Gasteiger partial charge in [0.1, 0.15) is 5.54 Å². The van der Waals surface area contributed by atoms with Gasteiger partial charge in [0.2, 0.25) is 0 Å². The molecule has 0 radical (unpaired) electrons. The van der Waals surface area contributed by atoms with Crippen LogP contribution in [0.5, 0.6) is 0 Å². The van der Waals surface area contributed by atoms with E-state index in [9.17, 15) is 5.26 Å². The van der Waals surface area contributed by atoms with Crippen LogP contribution in [-0.4, -0.2) is 25.8 Å². The fourth-order valence-electron chi connectivity index (χ4n) is 2.79. The lowest BCUT2D eigenvalue weighted by Crippen LogP contribution is -2.50. The molecule has 0 aromatic heterocycles. The molecule has 0 bridgehead atoms. The van der Waals surface area contributed by atoms with Crippen LogP contribution in [0, 0.1) is 23.2 Å². The number of rotatable bonds is 4. The quantitative estimate of drug-likeness (QED) is 0.721. The third-order valence-corrected chi connectivity index (χ3v) is 3.18. The van der Waals surface area contributed by atoms with Gasteiger partial charge >= 0.3 is 0 Å². The minimum absolute atomic E-state index is 0.310. The van der Waals surface area contributed by atoms with Gasteiger partial charge in [0, 0.05) is 13.7 Å². The first-order valence-corrected chi connectivity index (χ1v) is 5.77. The van der Waals surface area contributed by atoms with E-state index in [2.05, 4.69) is 25.2 Å². The minimum Gasteiger partial charge on any atom is -0.383 e. The maximum absolute atomic E-state index is 9.32. The van der Waals surface area contributed by atoms with Crippen LogP contribution < -0.4 is 5.32 Å². The second-order valence-electron chi connectivity index (χ2n) is 4.97. The highest BCUT2D eigenvalue weighted by atomic mass is 16.5. The molecule has 1 aliphatic rings. The fourth-order valence-corrected chi connectivity index (χ4v) is 2.79. The summed E-state index contributed by atoms with van der Waals surface area (Å²) in [5.41, 5.74) is -0.310. The molecule has 0 aromatic carbocycles. The van der Waals surface area contributed by atoms with Crippen molar-refractivity contribution in [3.05, 3.63) is 0 Å². The van der Waals surface area contributed by atoms with Crippen LogP contribution in [0.3, 0.4) is 0 Å². The Hall–Kier alpha value is -0.590. The normalized spacial score (nSPS) is 36.1. The molecule has 0 saturated heterocycles. The average Bonchev–Trinajstić information content (AvgIpc) is 2.17. The van der Waals surface area contributed by atoms with Crippen LogP contribution in [0.2, 0.25) is 0 Å². The van der Waals surface area contributed by atoms with Crippen molar-refractivity contribution in [2.75, 3.05) is 20.3 Å². The Bertz CT molecular complexity index is 224. The van der Waals surface area contributed by atoms with Gasteiger partial charge in [-0.2, -0.15) is 5.26 Å². The molecule has 15 heavy (non-hydrogen) atoms. The molecule has 0 spiro atoms. The van der Waals surface area contributed by atoms with Crippen LogP contribution in [0.15, 0.2) is 0 Å². The molecule has 0 heterocycles. The van der Waals surface area contributed by atoms with Gasteiger partial charge in [-0.3, -0.25) is 5.32 Å². The SMILES string of the molecule is COCCNC1(C#N)CC(C)CC(C)C1. The zero-order valence-electron chi connectivity index (χ0n) is 10.0. The molecule has 3 nitrogen and oxygen atoms in total. The van der Waals surface area contributed by atoms with E-state index in [1.807, 2.05) is 0 Å². The lowest BCUT2D eigenvalue weighted by atomic mass is 9.72. The molecule has 1 fully saturated rings. The second-order valence-corrected chi connectivity index (χ2v) is 4.97. The number of nitrogens with zero attached hydrogens (tertiary/aromatic N) is 1. The van der Waals surface area contributed by atoms with Crippen molar-refractivity contribution in [2.45, 2.75) is 38.6 Å².